The van der Waals surface area contributed by atoms with Crippen LogP contribution in [0.25, 0.3) is 0 Å². The predicted molar refractivity (Wildman–Crippen MR) is 44.8 cm³/mol. The second-order valence-corrected chi connectivity index (χ2v) is 2.18. The van der Waals surface area contributed by atoms with Crippen molar-refractivity contribution in [2.24, 2.45) is 0 Å². The number of amides is 1. The summed E-state index contributed by atoms with van der Waals surface area (Å²) in [4.78, 5) is 10.8. The zero-order valence-corrected chi connectivity index (χ0v) is 7.55. The van der Waals surface area contributed by atoms with Crippen LogP contribution in [0.15, 0.2) is 0 Å². The van der Waals surface area contributed by atoms with Crippen LogP contribution in [0, 0.1) is 0 Å². The summed E-state index contributed by atoms with van der Waals surface area (Å²) in [7, 11) is 3.31. The van der Waals surface area contributed by atoms with Gasteiger partial charge >= 0.3 is 0 Å². The third-order valence-electron chi connectivity index (χ3n) is 1.14. The first-order valence-electron chi connectivity index (χ1n) is 3.79. The van der Waals surface area contributed by atoms with E-state index in [1.165, 1.54) is 0 Å². The van der Waals surface area contributed by atoms with Gasteiger partial charge in [0.1, 0.15) is 6.73 Å². The zero-order valence-electron chi connectivity index (χ0n) is 7.55. The molecule has 5 heteroatoms. The Labute approximate surface area is 72.4 Å². The van der Waals surface area contributed by atoms with Gasteiger partial charge in [-0.05, 0) is 7.05 Å². The van der Waals surface area contributed by atoms with Crippen LogP contribution in [-0.2, 0) is 14.3 Å². The van der Waals surface area contributed by atoms with Crippen molar-refractivity contribution in [1.82, 2.24) is 10.6 Å². The molecule has 0 bridgehead atoms. The zero-order chi connectivity index (χ0) is 9.23. The fourth-order valence-electron chi connectivity index (χ4n) is 0.569. The average Bonchev–Trinajstić information content (AvgIpc) is 2.05. The van der Waals surface area contributed by atoms with Gasteiger partial charge in [-0.3, -0.25) is 4.79 Å². The SMILES string of the molecule is CNCC(=O)NCOCCOC. The minimum absolute atomic E-state index is 0.0742. The van der Waals surface area contributed by atoms with Crippen LogP contribution in [0.2, 0.25) is 0 Å². The Balaban J connectivity index is 3.03. The summed E-state index contributed by atoms with van der Waals surface area (Å²) in [6.45, 7) is 1.59. The third kappa shape index (κ3) is 7.46. The molecule has 0 aromatic rings. The molecule has 0 aromatic heterocycles. The van der Waals surface area contributed by atoms with Gasteiger partial charge in [0.15, 0.2) is 0 Å². The van der Waals surface area contributed by atoms with Gasteiger partial charge in [0.05, 0.1) is 19.8 Å². The molecule has 5 nitrogen and oxygen atoms in total. The number of ether oxygens (including phenoxy) is 2. The number of nitrogens with one attached hydrogen (secondary N) is 2. The first-order valence-corrected chi connectivity index (χ1v) is 3.79. The van der Waals surface area contributed by atoms with Gasteiger partial charge in [0.2, 0.25) is 5.91 Å². The molecule has 0 aromatic carbocycles. The maximum Gasteiger partial charge on any atom is 0.235 e. The van der Waals surface area contributed by atoms with Crippen molar-refractivity contribution in [2.45, 2.75) is 0 Å². The van der Waals surface area contributed by atoms with Crippen molar-refractivity contribution in [3.8, 4) is 0 Å². The molecule has 0 saturated carbocycles. The number of carbonyl (C=O) groups is 1. The van der Waals surface area contributed by atoms with Crippen molar-refractivity contribution in [1.29, 1.82) is 0 Å². The number of likely N-dealkylation sites (N-methyl/N-ethyl adjacent to an activating group) is 1. The second kappa shape index (κ2) is 8.45. The predicted octanol–water partition coefficient (Wildman–Crippen LogP) is -1.06. The molecule has 0 fully saturated rings. The molecule has 0 spiro atoms. The standard InChI is InChI=1S/C7H16N2O3/c1-8-5-7(10)9-6-12-4-3-11-2/h8H,3-6H2,1-2H3,(H,9,10). The first kappa shape index (κ1) is 11.4. The van der Waals surface area contributed by atoms with E-state index in [0.29, 0.717) is 19.8 Å². The quantitative estimate of drug-likeness (QED) is 0.383. The highest BCUT2D eigenvalue weighted by atomic mass is 16.5. The van der Waals surface area contributed by atoms with Crippen LogP contribution in [0.1, 0.15) is 0 Å². The number of rotatable bonds is 7. The van der Waals surface area contributed by atoms with Gasteiger partial charge < -0.3 is 20.1 Å². The molecule has 0 aliphatic heterocycles. The van der Waals surface area contributed by atoms with Crippen LogP contribution in [0.3, 0.4) is 0 Å². The number of hydrogen-bond donors (Lipinski definition) is 2. The minimum atomic E-state index is -0.0742. The molecular formula is C7H16N2O3. The summed E-state index contributed by atoms with van der Waals surface area (Å²) in [5, 5.41) is 5.29. The fraction of sp³-hybridized carbons (Fsp3) is 0.857. The van der Waals surface area contributed by atoms with Gasteiger partial charge in [-0.2, -0.15) is 0 Å². The Kier molecular flexibility index (Phi) is 7.99. The van der Waals surface area contributed by atoms with Gasteiger partial charge in [0.25, 0.3) is 0 Å². The monoisotopic (exact) mass is 176 g/mol. The van der Waals surface area contributed by atoms with E-state index in [2.05, 4.69) is 10.6 Å². The lowest BCUT2D eigenvalue weighted by Gasteiger charge is -2.05. The smallest absolute Gasteiger partial charge is 0.235 e. The van der Waals surface area contributed by atoms with Gasteiger partial charge in [-0.15, -0.1) is 0 Å². The lowest BCUT2D eigenvalue weighted by Crippen LogP contribution is -2.33. The van der Waals surface area contributed by atoms with E-state index in [1.807, 2.05) is 0 Å². The van der Waals surface area contributed by atoms with Crippen molar-refractivity contribution in [3.63, 3.8) is 0 Å². The molecule has 0 aliphatic carbocycles. The molecule has 0 atom stereocenters. The molecule has 0 rings (SSSR count). The maximum atomic E-state index is 10.8. The lowest BCUT2D eigenvalue weighted by molar-refractivity contribution is -0.122. The minimum Gasteiger partial charge on any atom is -0.382 e. The molecule has 1 amide bonds. The van der Waals surface area contributed by atoms with E-state index in [4.69, 9.17) is 9.47 Å². The molecule has 0 saturated heterocycles. The highest BCUT2D eigenvalue weighted by molar-refractivity contribution is 5.77. The van der Waals surface area contributed by atoms with Crippen molar-refractivity contribution in [2.75, 3.05) is 40.6 Å². The first-order chi connectivity index (χ1) is 5.81. The Morgan fingerprint density at radius 3 is 2.75 bits per heavy atom. The summed E-state index contributed by atoms with van der Waals surface area (Å²) in [6.07, 6.45) is 0. The van der Waals surface area contributed by atoms with Crippen LogP contribution >= 0.6 is 0 Å². The lowest BCUT2D eigenvalue weighted by atomic mass is 10.6. The molecule has 0 radical (unpaired) electrons. The number of methoxy groups -OCH3 is 1. The van der Waals surface area contributed by atoms with E-state index < -0.39 is 0 Å². The summed E-state index contributed by atoms with van der Waals surface area (Å²) in [6, 6.07) is 0. The Bertz CT molecular complexity index is 119. The Morgan fingerprint density at radius 2 is 2.17 bits per heavy atom. The number of hydrogen-bond acceptors (Lipinski definition) is 4. The summed E-state index contributed by atoms with van der Waals surface area (Å²) in [5.74, 6) is -0.0742. The third-order valence-corrected chi connectivity index (χ3v) is 1.14. The molecule has 0 heterocycles. The molecule has 0 unspecified atom stereocenters. The molecule has 0 aliphatic rings. The molecule has 12 heavy (non-hydrogen) atoms. The maximum absolute atomic E-state index is 10.8. The van der Waals surface area contributed by atoms with E-state index in [0.717, 1.165) is 0 Å². The summed E-state index contributed by atoms with van der Waals surface area (Å²) < 4.78 is 9.75. The highest BCUT2D eigenvalue weighted by Crippen LogP contribution is 1.72. The topological polar surface area (TPSA) is 59.6 Å². The second-order valence-electron chi connectivity index (χ2n) is 2.18. The van der Waals surface area contributed by atoms with E-state index >= 15 is 0 Å². The molecule has 2 N–H and O–H groups in total. The fourth-order valence-corrected chi connectivity index (χ4v) is 0.569. The Hall–Kier alpha value is -0.650. The van der Waals surface area contributed by atoms with Gasteiger partial charge in [0, 0.05) is 7.11 Å². The van der Waals surface area contributed by atoms with E-state index in [-0.39, 0.29) is 12.6 Å². The molecular weight excluding hydrogens is 160 g/mol. The van der Waals surface area contributed by atoms with Crippen LogP contribution < -0.4 is 10.6 Å². The average molecular weight is 176 g/mol. The molecule has 72 valence electrons. The number of carbonyl (C=O) groups excluding carboxylic acids is 1. The van der Waals surface area contributed by atoms with Gasteiger partial charge in [-0.25, -0.2) is 0 Å². The normalized spacial score (nSPS) is 9.83. The van der Waals surface area contributed by atoms with Crippen LogP contribution in [-0.4, -0.2) is 46.6 Å². The van der Waals surface area contributed by atoms with Gasteiger partial charge in [-0.1, -0.05) is 0 Å². The van der Waals surface area contributed by atoms with Crippen molar-refractivity contribution >= 4 is 5.91 Å². The highest BCUT2D eigenvalue weighted by Gasteiger charge is 1.95. The van der Waals surface area contributed by atoms with Crippen molar-refractivity contribution in [3.05, 3.63) is 0 Å². The Morgan fingerprint density at radius 1 is 1.42 bits per heavy atom. The van der Waals surface area contributed by atoms with Crippen LogP contribution in [0.5, 0.6) is 0 Å². The van der Waals surface area contributed by atoms with Crippen molar-refractivity contribution < 1.29 is 14.3 Å². The van der Waals surface area contributed by atoms with Crippen LogP contribution in [0.4, 0.5) is 0 Å². The largest absolute Gasteiger partial charge is 0.382 e. The summed E-state index contributed by atoms with van der Waals surface area (Å²) in [5.41, 5.74) is 0. The van der Waals surface area contributed by atoms with E-state index in [9.17, 15) is 4.79 Å². The summed E-state index contributed by atoms with van der Waals surface area (Å²) >= 11 is 0. The van der Waals surface area contributed by atoms with E-state index in [1.54, 1.807) is 14.2 Å².